The van der Waals surface area contributed by atoms with Crippen LogP contribution in [0.1, 0.15) is 16.0 Å². The van der Waals surface area contributed by atoms with E-state index in [0.29, 0.717) is 0 Å². The van der Waals surface area contributed by atoms with Gasteiger partial charge in [0, 0.05) is 21.4 Å². The number of benzene rings is 2. The average Bonchev–Trinajstić information content (AvgIpc) is 2.48. The smallest absolute Gasteiger partial charge is 0.269 e. The Morgan fingerprint density at radius 1 is 1.24 bits per heavy atom. The number of non-ortho nitro benzene ring substituents is 1. The minimum absolute atomic E-state index is 0.0865. The quantitative estimate of drug-likeness (QED) is 0.391. The van der Waals surface area contributed by atoms with E-state index < -0.39 is 4.92 Å². The van der Waals surface area contributed by atoms with Gasteiger partial charge in [-0.05, 0) is 35.7 Å². The lowest BCUT2D eigenvalue weighted by molar-refractivity contribution is -0.384. The Morgan fingerprint density at radius 3 is 2.48 bits per heavy atom. The zero-order chi connectivity index (χ0) is 15.4. The highest BCUT2D eigenvalue weighted by molar-refractivity contribution is 9.11. The zero-order valence-corrected chi connectivity index (χ0v) is 14.4. The number of rotatable bonds is 5. The molecule has 2 rings (SSSR count). The van der Waals surface area contributed by atoms with Crippen LogP contribution < -0.4 is 4.74 Å². The maximum absolute atomic E-state index is 10.6. The van der Waals surface area contributed by atoms with E-state index in [0.717, 1.165) is 27.8 Å². The van der Waals surface area contributed by atoms with Gasteiger partial charge < -0.3 is 4.74 Å². The highest BCUT2D eigenvalue weighted by Gasteiger charge is 2.14. The van der Waals surface area contributed by atoms with Gasteiger partial charge in [0.25, 0.3) is 5.69 Å². The molecular formula is C15H13Br2NO3. The second kappa shape index (κ2) is 7.04. The maximum Gasteiger partial charge on any atom is 0.269 e. The Balaban J connectivity index is 2.17. The summed E-state index contributed by atoms with van der Waals surface area (Å²) >= 11 is 7.19. The molecule has 0 spiro atoms. The summed E-state index contributed by atoms with van der Waals surface area (Å²) in [6.07, 6.45) is 0.726. The molecule has 0 aromatic heterocycles. The number of nitrogens with zero attached hydrogens (tertiary/aromatic N) is 1. The molecule has 4 nitrogen and oxygen atoms in total. The van der Waals surface area contributed by atoms with E-state index in [2.05, 4.69) is 31.9 Å². The topological polar surface area (TPSA) is 52.4 Å². The largest absolute Gasteiger partial charge is 0.497 e. The molecule has 0 aliphatic heterocycles. The summed E-state index contributed by atoms with van der Waals surface area (Å²) in [5.74, 6) is 0.793. The van der Waals surface area contributed by atoms with Crippen LogP contribution in [0.5, 0.6) is 5.75 Å². The first-order valence-electron chi connectivity index (χ1n) is 6.22. The SMILES string of the molecule is COc1ccc(Br)c(C(Br)Cc2ccc([N+](=O)[O-])cc2)c1. The minimum Gasteiger partial charge on any atom is -0.497 e. The Kier molecular flexibility index (Phi) is 5.36. The number of alkyl halides is 1. The van der Waals surface area contributed by atoms with E-state index in [-0.39, 0.29) is 10.5 Å². The molecule has 110 valence electrons. The third-order valence-electron chi connectivity index (χ3n) is 3.10. The molecule has 0 radical (unpaired) electrons. The maximum atomic E-state index is 10.6. The van der Waals surface area contributed by atoms with Crippen LogP contribution in [0.15, 0.2) is 46.9 Å². The van der Waals surface area contributed by atoms with E-state index in [4.69, 9.17) is 4.74 Å². The molecule has 1 unspecified atom stereocenters. The number of hydrogen-bond donors (Lipinski definition) is 0. The van der Waals surface area contributed by atoms with Crippen LogP contribution in [0.25, 0.3) is 0 Å². The van der Waals surface area contributed by atoms with Crippen molar-refractivity contribution in [2.45, 2.75) is 11.2 Å². The van der Waals surface area contributed by atoms with Gasteiger partial charge in [0.05, 0.1) is 12.0 Å². The summed E-state index contributed by atoms with van der Waals surface area (Å²) in [5.41, 5.74) is 2.21. The molecule has 0 N–H and O–H groups in total. The fraction of sp³-hybridized carbons (Fsp3) is 0.200. The molecule has 0 saturated carbocycles. The first-order valence-corrected chi connectivity index (χ1v) is 7.93. The molecule has 1 atom stereocenters. The van der Waals surface area contributed by atoms with Crippen LogP contribution in [-0.2, 0) is 6.42 Å². The lowest BCUT2D eigenvalue weighted by atomic mass is 10.0. The number of nitro groups is 1. The van der Waals surface area contributed by atoms with Gasteiger partial charge in [-0.2, -0.15) is 0 Å². The summed E-state index contributed by atoms with van der Waals surface area (Å²) < 4.78 is 6.23. The lowest BCUT2D eigenvalue weighted by Crippen LogP contribution is -1.98. The Bertz CT molecular complexity index is 644. The molecule has 0 fully saturated rings. The van der Waals surface area contributed by atoms with E-state index in [1.807, 2.05) is 18.2 Å². The van der Waals surface area contributed by atoms with Gasteiger partial charge in [0.2, 0.25) is 0 Å². The van der Waals surface area contributed by atoms with Crippen molar-refractivity contribution in [3.05, 3.63) is 68.2 Å². The fourth-order valence-corrected chi connectivity index (χ4v) is 3.54. The Hall–Kier alpha value is -1.40. The van der Waals surface area contributed by atoms with Crippen LogP contribution in [0.2, 0.25) is 0 Å². The summed E-state index contributed by atoms with van der Waals surface area (Å²) in [6.45, 7) is 0. The van der Waals surface area contributed by atoms with Gasteiger partial charge in [-0.3, -0.25) is 10.1 Å². The standard InChI is InChI=1S/C15H13Br2NO3/c1-21-12-6-7-14(16)13(9-12)15(17)8-10-2-4-11(5-3-10)18(19)20/h2-7,9,15H,8H2,1H3. The molecule has 0 aliphatic rings. The fourth-order valence-electron chi connectivity index (χ4n) is 1.96. The molecule has 2 aromatic rings. The van der Waals surface area contributed by atoms with E-state index in [9.17, 15) is 10.1 Å². The van der Waals surface area contributed by atoms with Gasteiger partial charge in [-0.15, -0.1) is 0 Å². The summed E-state index contributed by atoms with van der Waals surface area (Å²) in [4.78, 5) is 10.3. The highest BCUT2D eigenvalue weighted by Crippen LogP contribution is 2.35. The summed E-state index contributed by atoms with van der Waals surface area (Å²) in [5, 5.41) is 10.6. The van der Waals surface area contributed by atoms with Crippen LogP contribution in [0.3, 0.4) is 0 Å². The normalized spacial score (nSPS) is 12.0. The van der Waals surface area contributed by atoms with Gasteiger partial charge in [0.1, 0.15) is 5.75 Å². The van der Waals surface area contributed by atoms with Crippen molar-refractivity contribution in [2.75, 3.05) is 7.11 Å². The van der Waals surface area contributed by atoms with Gasteiger partial charge in [-0.1, -0.05) is 44.0 Å². The third kappa shape index (κ3) is 4.04. The Labute approximate surface area is 139 Å². The molecular weight excluding hydrogens is 402 g/mol. The van der Waals surface area contributed by atoms with Crippen molar-refractivity contribution in [1.29, 1.82) is 0 Å². The van der Waals surface area contributed by atoms with Gasteiger partial charge in [0.15, 0.2) is 0 Å². The number of halogens is 2. The predicted octanol–water partition coefficient (Wildman–Crippen LogP) is 5.04. The lowest BCUT2D eigenvalue weighted by Gasteiger charge is -2.13. The average molecular weight is 415 g/mol. The van der Waals surface area contributed by atoms with Crippen molar-refractivity contribution in [1.82, 2.24) is 0 Å². The second-order valence-electron chi connectivity index (χ2n) is 4.48. The molecule has 6 heteroatoms. The molecule has 21 heavy (non-hydrogen) atoms. The van der Waals surface area contributed by atoms with E-state index in [1.54, 1.807) is 19.2 Å². The van der Waals surface area contributed by atoms with Crippen LogP contribution in [-0.4, -0.2) is 12.0 Å². The first-order chi connectivity index (χ1) is 10.0. The summed E-state index contributed by atoms with van der Waals surface area (Å²) in [6, 6.07) is 12.4. The van der Waals surface area contributed by atoms with Crippen LogP contribution >= 0.6 is 31.9 Å². The monoisotopic (exact) mass is 413 g/mol. The first kappa shape index (κ1) is 16.0. The number of nitro benzene ring substituents is 1. The van der Waals surface area contributed by atoms with Crippen molar-refractivity contribution < 1.29 is 9.66 Å². The zero-order valence-electron chi connectivity index (χ0n) is 11.3. The summed E-state index contributed by atoms with van der Waals surface area (Å²) in [7, 11) is 1.63. The van der Waals surface area contributed by atoms with Crippen molar-refractivity contribution >= 4 is 37.5 Å². The van der Waals surface area contributed by atoms with Crippen LogP contribution in [0.4, 0.5) is 5.69 Å². The van der Waals surface area contributed by atoms with Crippen molar-refractivity contribution in [3.8, 4) is 5.75 Å². The second-order valence-corrected chi connectivity index (χ2v) is 6.44. The third-order valence-corrected chi connectivity index (χ3v) is 4.64. The van der Waals surface area contributed by atoms with Gasteiger partial charge >= 0.3 is 0 Å². The van der Waals surface area contributed by atoms with Gasteiger partial charge in [-0.25, -0.2) is 0 Å². The van der Waals surface area contributed by atoms with E-state index in [1.165, 1.54) is 12.1 Å². The van der Waals surface area contributed by atoms with Crippen molar-refractivity contribution in [3.63, 3.8) is 0 Å². The van der Waals surface area contributed by atoms with Crippen molar-refractivity contribution in [2.24, 2.45) is 0 Å². The molecule has 0 bridgehead atoms. The molecule has 0 heterocycles. The highest BCUT2D eigenvalue weighted by atomic mass is 79.9. The minimum atomic E-state index is -0.395. The molecule has 0 aliphatic carbocycles. The molecule has 0 amide bonds. The van der Waals surface area contributed by atoms with E-state index >= 15 is 0 Å². The predicted molar refractivity (Wildman–Crippen MR) is 89.2 cm³/mol. The molecule has 0 saturated heterocycles. The molecule has 2 aromatic carbocycles. The number of methoxy groups -OCH3 is 1. The number of ether oxygens (including phenoxy) is 1. The number of hydrogen-bond acceptors (Lipinski definition) is 3. The Morgan fingerprint density at radius 2 is 1.90 bits per heavy atom. The van der Waals surface area contributed by atoms with Crippen LogP contribution in [0, 0.1) is 10.1 Å².